The molecule has 2 rings (SSSR count). The number of aliphatic hydroxyl groups is 1. The third-order valence-corrected chi connectivity index (χ3v) is 3.55. The first-order valence-electron chi connectivity index (χ1n) is 6.52. The molecule has 1 amide bonds. The molecule has 1 aromatic carbocycles. The first kappa shape index (κ1) is 16.2. The lowest BCUT2D eigenvalue weighted by Crippen LogP contribution is -2.37. The Kier molecular flexibility index (Phi) is 4.36. The molecule has 9 heteroatoms. The third-order valence-electron chi connectivity index (χ3n) is 3.55. The Morgan fingerprint density at radius 2 is 2.09 bits per heavy atom. The second-order valence-corrected chi connectivity index (χ2v) is 5.00. The first-order valence-corrected chi connectivity index (χ1v) is 6.52. The molecule has 0 aliphatic carbocycles. The molecule has 1 saturated heterocycles. The molecule has 1 fully saturated rings. The van der Waals surface area contributed by atoms with Crippen LogP contribution in [0.2, 0.25) is 0 Å². The number of carbonyl (C=O) groups excluding carboxylic acids is 1. The highest BCUT2D eigenvalue weighted by atomic mass is 19.4. The molecule has 0 unspecified atom stereocenters. The van der Waals surface area contributed by atoms with Crippen molar-refractivity contribution in [2.24, 2.45) is 0 Å². The molecule has 6 nitrogen and oxygen atoms in total. The molecule has 0 saturated carbocycles. The van der Waals surface area contributed by atoms with Crippen LogP contribution in [0.3, 0.4) is 0 Å². The largest absolute Gasteiger partial charge is 0.416 e. The van der Waals surface area contributed by atoms with E-state index in [-0.39, 0.29) is 6.61 Å². The summed E-state index contributed by atoms with van der Waals surface area (Å²) in [6, 6.07) is 1.34. The zero-order valence-electron chi connectivity index (χ0n) is 11.3. The number of non-ortho nitro benzene ring substituents is 1. The van der Waals surface area contributed by atoms with Gasteiger partial charge < -0.3 is 10.0 Å². The van der Waals surface area contributed by atoms with E-state index in [2.05, 4.69) is 0 Å². The van der Waals surface area contributed by atoms with Gasteiger partial charge in [-0.2, -0.15) is 13.2 Å². The minimum atomic E-state index is -4.79. The highest BCUT2D eigenvalue weighted by Gasteiger charge is 2.35. The van der Waals surface area contributed by atoms with Gasteiger partial charge in [-0.1, -0.05) is 0 Å². The molecule has 120 valence electrons. The van der Waals surface area contributed by atoms with Crippen molar-refractivity contribution in [2.75, 3.05) is 13.2 Å². The summed E-state index contributed by atoms with van der Waals surface area (Å²) in [5.74, 6) is -0.745. The number of halogens is 3. The smallest absolute Gasteiger partial charge is 0.394 e. The number of benzene rings is 1. The van der Waals surface area contributed by atoms with Crippen LogP contribution in [0.4, 0.5) is 18.9 Å². The maximum Gasteiger partial charge on any atom is 0.416 e. The predicted molar refractivity (Wildman–Crippen MR) is 69.2 cm³/mol. The van der Waals surface area contributed by atoms with E-state index >= 15 is 0 Å². The van der Waals surface area contributed by atoms with Gasteiger partial charge in [-0.05, 0) is 18.9 Å². The fourth-order valence-electron chi connectivity index (χ4n) is 2.46. The van der Waals surface area contributed by atoms with E-state index in [1.807, 2.05) is 0 Å². The number of likely N-dealkylation sites (tertiary alicyclic amines) is 1. The summed E-state index contributed by atoms with van der Waals surface area (Å²) in [7, 11) is 0. The first-order chi connectivity index (χ1) is 10.2. The van der Waals surface area contributed by atoms with Crippen LogP contribution in [0.15, 0.2) is 18.2 Å². The summed E-state index contributed by atoms with van der Waals surface area (Å²) < 4.78 is 38.4. The van der Waals surface area contributed by atoms with Gasteiger partial charge in [0.1, 0.15) is 0 Å². The van der Waals surface area contributed by atoms with Gasteiger partial charge in [0.2, 0.25) is 0 Å². The number of hydrogen-bond donors (Lipinski definition) is 1. The molecular weight excluding hydrogens is 305 g/mol. The lowest BCUT2D eigenvalue weighted by atomic mass is 10.1. The highest BCUT2D eigenvalue weighted by Crippen LogP contribution is 2.33. The van der Waals surface area contributed by atoms with E-state index in [0.29, 0.717) is 31.5 Å². The minimum Gasteiger partial charge on any atom is -0.394 e. The van der Waals surface area contributed by atoms with Crippen LogP contribution < -0.4 is 0 Å². The van der Waals surface area contributed by atoms with Crippen molar-refractivity contribution in [1.29, 1.82) is 0 Å². The van der Waals surface area contributed by atoms with Crippen molar-refractivity contribution in [3.63, 3.8) is 0 Å². The third kappa shape index (κ3) is 3.19. The maximum atomic E-state index is 12.8. The van der Waals surface area contributed by atoms with Crippen molar-refractivity contribution in [2.45, 2.75) is 25.1 Å². The predicted octanol–water partition coefficient (Wildman–Crippen LogP) is 2.21. The van der Waals surface area contributed by atoms with Gasteiger partial charge in [0, 0.05) is 24.2 Å². The Hall–Kier alpha value is -2.16. The van der Waals surface area contributed by atoms with Gasteiger partial charge in [-0.15, -0.1) is 0 Å². The van der Waals surface area contributed by atoms with Crippen LogP contribution in [0.1, 0.15) is 28.8 Å². The minimum absolute atomic E-state index is 0.299. The number of aliphatic hydroxyl groups excluding tert-OH is 1. The van der Waals surface area contributed by atoms with Gasteiger partial charge in [-0.25, -0.2) is 0 Å². The molecule has 1 N–H and O–H groups in total. The summed E-state index contributed by atoms with van der Waals surface area (Å²) in [5, 5.41) is 19.9. The monoisotopic (exact) mass is 318 g/mol. The molecule has 22 heavy (non-hydrogen) atoms. The lowest BCUT2D eigenvalue weighted by molar-refractivity contribution is -0.385. The fourth-order valence-corrected chi connectivity index (χ4v) is 2.46. The van der Waals surface area contributed by atoms with Crippen LogP contribution in [-0.4, -0.2) is 40.0 Å². The Morgan fingerprint density at radius 1 is 1.41 bits per heavy atom. The van der Waals surface area contributed by atoms with Gasteiger partial charge in [-0.3, -0.25) is 14.9 Å². The van der Waals surface area contributed by atoms with Crippen molar-refractivity contribution in [3.05, 3.63) is 39.4 Å². The zero-order valence-corrected chi connectivity index (χ0v) is 11.3. The Balaban J connectivity index is 2.43. The van der Waals surface area contributed by atoms with E-state index < -0.39 is 39.9 Å². The molecular formula is C13H13F3N2O4. The lowest BCUT2D eigenvalue weighted by Gasteiger charge is -2.23. The number of nitro benzene ring substituents is 1. The summed E-state index contributed by atoms with van der Waals surface area (Å²) in [5.41, 5.74) is -2.44. The number of amides is 1. The van der Waals surface area contributed by atoms with Crippen LogP contribution in [-0.2, 0) is 6.18 Å². The number of carbonyl (C=O) groups is 1. The maximum absolute atomic E-state index is 12.8. The van der Waals surface area contributed by atoms with Crippen LogP contribution >= 0.6 is 0 Å². The fraction of sp³-hybridized carbons (Fsp3) is 0.462. The molecule has 1 aliphatic rings. The Morgan fingerprint density at radius 3 is 2.64 bits per heavy atom. The van der Waals surface area contributed by atoms with E-state index in [1.165, 1.54) is 4.90 Å². The molecule has 0 bridgehead atoms. The number of hydrogen-bond acceptors (Lipinski definition) is 4. The molecule has 1 aliphatic heterocycles. The summed E-state index contributed by atoms with van der Waals surface area (Å²) >= 11 is 0. The molecule has 1 atom stereocenters. The van der Waals surface area contributed by atoms with Gasteiger partial charge in [0.05, 0.1) is 23.1 Å². The van der Waals surface area contributed by atoms with Crippen molar-refractivity contribution in [1.82, 2.24) is 4.90 Å². The second kappa shape index (κ2) is 5.91. The number of nitrogens with zero attached hydrogens (tertiary/aromatic N) is 2. The molecule has 0 aromatic heterocycles. The van der Waals surface area contributed by atoms with Gasteiger partial charge >= 0.3 is 6.18 Å². The van der Waals surface area contributed by atoms with Crippen molar-refractivity contribution < 1.29 is 28.0 Å². The van der Waals surface area contributed by atoms with E-state index in [1.54, 1.807) is 0 Å². The number of rotatable bonds is 3. The average molecular weight is 318 g/mol. The Bertz CT molecular complexity index is 603. The molecule has 0 spiro atoms. The average Bonchev–Trinajstić information content (AvgIpc) is 2.93. The summed E-state index contributed by atoms with van der Waals surface area (Å²) in [6.07, 6.45) is -3.62. The van der Waals surface area contributed by atoms with Gasteiger partial charge in [0.25, 0.3) is 11.6 Å². The quantitative estimate of drug-likeness (QED) is 0.684. The summed E-state index contributed by atoms with van der Waals surface area (Å²) in [6.45, 7) is 0.000891. The number of alkyl halides is 3. The zero-order chi connectivity index (χ0) is 16.5. The van der Waals surface area contributed by atoms with Crippen molar-refractivity contribution in [3.8, 4) is 0 Å². The van der Waals surface area contributed by atoms with Crippen molar-refractivity contribution >= 4 is 11.6 Å². The van der Waals surface area contributed by atoms with E-state index in [4.69, 9.17) is 0 Å². The normalized spacial score (nSPS) is 18.5. The molecule has 1 heterocycles. The highest BCUT2D eigenvalue weighted by molar-refractivity contribution is 5.95. The Labute approximate surface area is 123 Å². The van der Waals surface area contributed by atoms with Crippen LogP contribution in [0, 0.1) is 10.1 Å². The standard InChI is InChI=1S/C13H13F3N2O4/c14-13(15,16)9-4-8(5-11(6-9)18(21)22)12(20)17-3-1-2-10(17)7-19/h4-6,10,19H,1-3,7H2/t10-/m1/s1. The van der Waals surface area contributed by atoms with E-state index in [9.17, 15) is 33.2 Å². The molecule has 0 radical (unpaired) electrons. The van der Waals surface area contributed by atoms with Crippen LogP contribution in [0.5, 0.6) is 0 Å². The summed E-state index contributed by atoms with van der Waals surface area (Å²) in [4.78, 5) is 23.3. The van der Waals surface area contributed by atoms with E-state index in [0.717, 1.165) is 6.07 Å². The number of nitro groups is 1. The SMILES string of the molecule is O=C(c1cc([N+](=O)[O-])cc(C(F)(F)F)c1)N1CCC[C@@H]1CO. The van der Waals surface area contributed by atoms with Crippen LogP contribution in [0.25, 0.3) is 0 Å². The topological polar surface area (TPSA) is 83.7 Å². The second-order valence-electron chi connectivity index (χ2n) is 5.00. The molecule has 1 aromatic rings. The van der Waals surface area contributed by atoms with Gasteiger partial charge in [0.15, 0.2) is 0 Å².